The molecule has 20 heavy (non-hydrogen) atoms. The van der Waals surface area contributed by atoms with Gasteiger partial charge in [-0.05, 0) is 35.7 Å². The Morgan fingerprint density at radius 3 is 2.55 bits per heavy atom. The Hall–Kier alpha value is -1.94. The maximum absolute atomic E-state index is 9.81. The average molecular weight is 275 g/mol. The molecule has 4 heteroatoms. The van der Waals surface area contributed by atoms with Gasteiger partial charge in [-0.25, -0.2) is 0 Å². The van der Waals surface area contributed by atoms with Crippen LogP contribution < -0.4 is 9.47 Å². The molecule has 0 fully saturated rings. The second kappa shape index (κ2) is 6.48. The number of ether oxygens (including phenoxy) is 2. The average Bonchev–Trinajstić information content (AvgIpc) is 2.94. The fourth-order valence-electron chi connectivity index (χ4n) is 2.18. The molecular weight excluding hydrogens is 254 g/mol. The Balaban J connectivity index is 2.15. The van der Waals surface area contributed by atoms with Crippen molar-refractivity contribution in [2.24, 2.45) is 0 Å². The van der Waals surface area contributed by atoms with Gasteiger partial charge in [0.15, 0.2) is 11.5 Å². The topological polar surface area (TPSA) is 43.6 Å². The van der Waals surface area contributed by atoms with E-state index in [1.54, 1.807) is 14.2 Å². The molecule has 2 aromatic rings. The molecule has 0 aliphatic rings. The van der Waals surface area contributed by atoms with E-state index < -0.39 is 0 Å². The third-order valence-electron chi connectivity index (χ3n) is 3.36. The van der Waals surface area contributed by atoms with Crippen LogP contribution in [0.25, 0.3) is 0 Å². The van der Waals surface area contributed by atoms with Crippen LogP contribution in [0.2, 0.25) is 0 Å². The smallest absolute Gasteiger partial charge is 0.161 e. The van der Waals surface area contributed by atoms with Crippen molar-refractivity contribution in [2.75, 3.05) is 14.2 Å². The van der Waals surface area contributed by atoms with Crippen LogP contribution in [-0.4, -0.2) is 23.9 Å². The molecule has 1 aromatic heterocycles. The highest BCUT2D eigenvalue weighted by molar-refractivity contribution is 5.43. The van der Waals surface area contributed by atoms with Gasteiger partial charge in [0.2, 0.25) is 0 Å². The van der Waals surface area contributed by atoms with Crippen LogP contribution in [0, 0.1) is 0 Å². The van der Waals surface area contributed by atoms with E-state index in [-0.39, 0.29) is 6.10 Å². The van der Waals surface area contributed by atoms with E-state index in [1.165, 1.54) is 0 Å². The zero-order chi connectivity index (χ0) is 14.5. The highest BCUT2D eigenvalue weighted by atomic mass is 16.5. The monoisotopic (exact) mass is 275 g/mol. The molecule has 1 aromatic carbocycles. The largest absolute Gasteiger partial charge is 0.493 e. The molecule has 4 nitrogen and oxygen atoms in total. The van der Waals surface area contributed by atoms with Crippen LogP contribution in [0.15, 0.2) is 36.7 Å². The van der Waals surface area contributed by atoms with Crippen molar-refractivity contribution >= 4 is 0 Å². The van der Waals surface area contributed by atoms with Crippen molar-refractivity contribution < 1.29 is 14.6 Å². The predicted molar refractivity (Wildman–Crippen MR) is 78.3 cm³/mol. The van der Waals surface area contributed by atoms with Gasteiger partial charge in [-0.1, -0.05) is 13.0 Å². The van der Waals surface area contributed by atoms with Crippen LogP contribution in [0.1, 0.15) is 30.6 Å². The van der Waals surface area contributed by atoms with Crippen LogP contribution in [0.5, 0.6) is 11.5 Å². The standard InChI is InChI=1S/C16H21NO3/c1-4-14(18)13-7-8-17(11-13)10-12-5-6-15(19-2)16(9-12)20-3/h5-9,11,14,18H,4,10H2,1-3H3. The third kappa shape index (κ3) is 3.14. The van der Waals surface area contributed by atoms with Gasteiger partial charge in [0.25, 0.3) is 0 Å². The summed E-state index contributed by atoms with van der Waals surface area (Å²) < 4.78 is 12.6. The minimum atomic E-state index is -0.387. The van der Waals surface area contributed by atoms with Gasteiger partial charge >= 0.3 is 0 Å². The lowest BCUT2D eigenvalue weighted by molar-refractivity contribution is 0.173. The number of aliphatic hydroxyl groups excluding tert-OH is 1. The summed E-state index contributed by atoms with van der Waals surface area (Å²) in [5.74, 6) is 1.46. The van der Waals surface area contributed by atoms with E-state index in [0.717, 1.165) is 35.6 Å². The van der Waals surface area contributed by atoms with Gasteiger partial charge < -0.3 is 19.1 Å². The highest BCUT2D eigenvalue weighted by Gasteiger charge is 2.08. The maximum Gasteiger partial charge on any atom is 0.161 e. The van der Waals surface area contributed by atoms with E-state index in [0.29, 0.717) is 0 Å². The molecule has 0 saturated heterocycles. The molecule has 1 heterocycles. The first-order valence-electron chi connectivity index (χ1n) is 6.72. The van der Waals surface area contributed by atoms with Gasteiger partial charge in [0, 0.05) is 18.9 Å². The highest BCUT2D eigenvalue weighted by Crippen LogP contribution is 2.28. The predicted octanol–water partition coefficient (Wildman–Crippen LogP) is 3.00. The first kappa shape index (κ1) is 14.5. The minimum absolute atomic E-state index is 0.387. The van der Waals surface area contributed by atoms with Crippen molar-refractivity contribution in [3.05, 3.63) is 47.8 Å². The lowest BCUT2D eigenvalue weighted by Gasteiger charge is -2.10. The summed E-state index contributed by atoms with van der Waals surface area (Å²) in [5.41, 5.74) is 2.07. The fourth-order valence-corrected chi connectivity index (χ4v) is 2.18. The van der Waals surface area contributed by atoms with E-state index in [9.17, 15) is 5.11 Å². The first-order chi connectivity index (χ1) is 9.67. The normalized spacial score (nSPS) is 12.2. The van der Waals surface area contributed by atoms with Crippen LogP contribution in [0.4, 0.5) is 0 Å². The molecule has 108 valence electrons. The summed E-state index contributed by atoms with van der Waals surface area (Å²) >= 11 is 0. The summed E-state index contributed by atoms with van der Waals surface area (Å²) in [7, 11) is 3.26. The lowest BCUT2D eigenvalue weighted by atomic mass is 10.1. The zero-order valence-electron chi connectivity index (χ0n) is 12.2. The third-order valence-corrected chi connectivity index (χ3v) is 3.36. The first-order valence-corrected chi connectivity index (χ1v) is 6.72. The van der Waals surface area contributed by atoms with Crippen LogP contribution >= 0.6 is 0 Å². The second-order valence-corrected chi connectivity index (χ2v) is 4.73. The quantitative estimate of drug-likeness (QED) is 0.881. The van der Waals surface area contributed by atoms with Crippen molar-refractivity contribution in [2.45, 2.75) is 26.0 Å². The molecule has 0 radical (unpaired) electrons. The van der Waals surface area contributed by atoms with Gasteiger partial charge in [0.1, 0.15) is 0 Å². The SMILES string of the molecule is CCC(O)c1ccn(Cc2ccc(OC)c(OC)c2)c1. The van der Waals surface area contributed by atoms with Gasteiger partial charge in [0.05, 0.1) is 20.3 Å². The molecule has 2 rings (SSSR count). The molecule has 0 spiro atoms. The summed E-state index contributed by atoms with van der Waals surface area (Å²) in [5, 5.41) is 9.81. The van der Waals surface area contributed by atoms with Gasteiger partial charge in [-0.15, -0.1) is 0 Å². The number of nitrogens with zero attached hydrogens (tertiary/aromatic N) is 1. The molecule has 1 atom stereocenters. The number of benzene rings is 1. The number of methoxy groups -OCH3 is 2. The Kier molecular flexibility index (Phi) is 4.69. The second-order valence-electron chi connectivity index (χ2n) is 4.73. The molecule has 0 amide bonds. The van der Waals surface area contributed by atoms with Crippen molar-refractivity contribution in [3.8, 4) is 11.5 Å². The summed E-state index contributed by atoms with van der Waals surface area (Å²) in [4.78, 5) is 0. The molecule has 0 aliphatic carbocycles. The molecule has 1 unspecified atom stereocenters. The number of rotatable bonds is 6. The van der Waals surface area contributed by atoms with Gasteiger partial charge in [-0.2, -0.15) is 0 Å². The maximum atomic E-state index is 9.81. The Morgan fingerprint density at radius 1 is 1.15 bits per heavy atom. The minimum Gasteiger partial charge on any atom is -0.493 e. The van der Waals surface area contributed by atoms with Crippen LogP contribution in [-0.2, 0) is 6.54 Å². The van der Waals surface area contributed by atoms with E-state index in [1.807, 2.05) is 43.6 Å². The van der Waals surface area contributed by atoms with Gasteiger partial charge in [-0.3, -0.25) is 0 Å². The Morgan fingerprint density at radius 2 is 1.90 bits per heavy atom. The number of aromatic nitrogens is 1. The number of hydrogen-bond acceptors (Lipinski definition) is 3. The molecule has 1 N–H and O–H groups in total. The number of hydrogen-bond donors (Lipinski definition) is 1. The Bertz CT molecular complexity index is 563. The fraction of sp³-hybridized carbons (Fsp3) is 0.375. The van der Waals surface area contributed by atoms with Crippen LogP contribution in [0.3, 0.4) is 0 Å². The summed E-state index contributed by atoms with van der Waals surface area (Å²) in [6, 6.07) is 7.83. The summed E-state index contributed by atoms with van der Waals surface area (Å²) in [6.07, 6.45) is 4.29. The Labute approximate surface area is 119 Å². The molecule has 0 aliphatic heterocycles. The van der Waals surface area contributed by atoms with Crippen molar-refractivity contribution in [3.63, 3.8) is 0 Å². The van der Waals surface area contributed by atoms with E-state index in [4.69, 9.17) is 9.47 Å². The zero-order valence-corrected chi connectivity index (χ0v) is 12.2. The molecule has 0 saturated carbocycles. The molecular formula is C16H21NO3. The molecule has 0 bridgehead atoms. The van der Waals surface area contributed by atoms with E-state index >= 15 is 0 Å². The van der Waals surface area contributed by atoms with Crippen molar-refractivity contribution in [1.29, 1.82) is 0 Å². The summed E-state index contributed by atoms with van der Waals surface area (Å²) in [6.45, 7) is 2.70. The van der Waals surface area contributed by atoms with Crippen molar-refractivity contribution in [1.82, 2.24) is 4.57 Å². The number of aliphatic hydroxyl groups is 1. The lowest BCUT2D eigenvalue weighted by Crippen LogP contribution is -1.99. The van der Waals surface area contributed by atoms with E-state index in [2.05, 4.69) is 4.57 Å².